The number of unbranched alkanes of at least 4 members (excludes halogenated alkanes) is 2. The lowest BCUT2D eigenvalue weighted by atomic mass is 10.1. The van der Waals surface area contributed by atoms with Crippen LogP contribution in [-0.2, 0) is 6.54 Å². The molecule has 1 rings (SSSR count). The zero-order valence-corrected chi connectivity index (χ0v) is 10.6. The van der Waals surface area contributed by atoms with Crippen LogP contribution in [0.25, 0.3) is 0 Å². The summed E-state index contributed by atoms with van der Waals surface area (Å²) < 4.78 is 0. The van der Waals surface area contributed by atoms with Crippen LogP contribution in [0.1, 0.15) is 37.3 Å². The molecule has 0 unspecified atom stereocenters. The van der Waals surface area contributed by atoms with Crippen LogP contribution in [0.15, 0.2) is 23.1 Å². The molecule has 1 nitrogen and oxygen atoms in total. The fraction of sp³-hybridized carbons (Fsp3) is 0.538. The topological polar surface area (TPSA) is 26.0 Å². The van der Waals surface area contributed by atoms with Crippen molar-refractivity contribution in [2.45, 2.75) is 44.6 Å². The summed E-state index contributed by atoms with van der Waals surface area (Å²) in [7, 11) is 0. The Kier molecular flexibility index (Phi) is 5.81. The van der Waals surface area contributed by atoms with E-state index in [2.05, 4.69) is 32.0 Å². The molecule has 0 spiro atoms. The average molecular weight is 223 g/mol. The third-order valence-corrected chi connectivity index (χ3v) is 3.63. The summed E-state index contributed by atoms with van der Waals surface area (Å²) in [6, 6.07) is 6.54. The second-order valence-corrected chi connectivity index (χ2v) is 5.01. The SMILES string of the molecule is CCCCCSc1cc(C)ccc1CN. The van der Waals surface area contributed by atoms with Gasteiger partial charge in [-0.1, -0.05) is 31.9 Å². The molecular weight excluding hydrogens is 202 g/mol. The molecule has 1 aromatic rings. The third kappa shape index (κ3) is 4.27. The largest absolute Gasteiger partial charge is 0.326 e. The van der Waals surface area contributed by atoms with Gasteiger partial charge < -0.3 is 5.73 Å². The Bertz CT molecular complexity index is 297. The Morgan fingerprint density at radius 1 is 1.27 bits per heavy atom. The van der Waals surface area contributed by atoms with Gasteiger partial charge >= 0.3 is 0 Å². The van der Waals surface area contributed by atoms with Crippen LogP contribution in [0.3, 0.4) is 0 Å². The molecule has 0 fully saturated rings. The maximum atomic E-state index is 5.72. The van der Waals surface area contributed by atoms with Crippen molar-refractivity contribution in [1.82, 2.24) is 0 Å². The first kappa shape index (κ1) is 12.6. The van der Waals surface area contributed by atoms with Crippen molar-refractivity contribution in [2.75, 3.05) is 5.75 Å². The molecule has 0 heterocycles. The van der Waals surface area contributed by atoms with Gasteiger partial charge in [0.15, 0.2) is 0 Å². The summed E-state index contributed by atoms with van der Waals surface area (Å²) >= 11 is 1.95. The van der Waals surface area contributed by atoms with E-state index >= 15 is 0 Å². The van der Waals surface area contributed by atoms with Gasteiger partial charge in [0.05, 0.1) is 0 Å². The fourth-order valence-electron chi connectivity index (χ4n) is 1.50. The zero-order valence-electron chi connectivity index (χ0n) is 9.75. The molecule has 0 aliphatic carbocycles. The second kappa shape index (κ2) is 6.91. The van der Waals surface area contributed by atoms with Gasteiger partial charge in [0, 0.05) is 11.4 Å². The van der Waals surface area contributed by atoms with Gasteiger partial charge in [-0.05, 0) is 36.3 Å². The molecule has 0 saturated carbocycles. The summed E-state index contributed by atoms with van der Waals surface area (Å²) in [6.07, 6.45) is 3.92. The molecular formula is C13H21NS. The number of nitrogens with two attached hydrogens (primary N) is 1. The summed E-state index contributed by atoms with van der Waals surface area (Å²) in [5.41, 5.74) is 8.32. The van der Waals surface area contributed by atoms with Crippen molar-refractivity contribution < 1.29 is 0 Å². The molecule has 0 bridgehead atoms. The van der Waals surface area contributed by atoms with E-state index in [-0.39, 0.29) is 0 Å². The number of thioether (sulfide) groups is 1. The monoisotopic (exact) mass is 223 g/mol. The zero-order chi connectivity index (χ0) is 11.1. The van der Waals surface area contributed by atoms with E-state index in [1.807, 2.05) is 11.8 Å². The van der Waals surface area contributed by atoms with Crippen LogP contribution in [-0.4, -0.2) is 5.75 Å². The van der Waals surface area contributed by atoms with E-state index in [1.54, 1.807) is 0 Å². The van der Waals surface area contributed by atoms with Gasteiger partial charge in [-0.15, -0.1) is 11.8 Å². The van der Waals surface area contributed by atoms with Crippen molar-refractivity contribution in [3.8, 4) is 0 Å². The molecule has 15 heavy (non-hydrogen) atoms. The predicted molar refractivity (Wildman–Crippen MR) is 69.3 cm³/mol. The van der Waals surface area contributed by atoms with Crippen molar-refractivity contribution in [3.05, 3.63) is 29.3 Å². The Labute approximate surface area is 97.4 Å². The smallest absolute Gasteiger partial charge is 0.0189 e. The number of hydrogen-bond donors (Lipinski definition) is 1. The van der Waals surface area contributed by atoms with Crippen LogP contribution in [0.4, 0.5) is 0 Å². The lowest BCUT2D eigenvalue weighted by molar-refractivity contribution is 0.778. The van der Waals surface area contributed by atoms with Crippen LogP contribution in [0, 0.1) is 6.92 Å². The lowest BCUT2D eigenvalue weighted by Crippen LogP contribution is -1.98. The van der Waals surface area contributed by atoms with Gasteiger partial charge in [0.25, 0.3) is 0 Å². The summed E-state index contributed by atoms with van der Waals surface area (Å²) in [4.78, 5) is 1.37. The number of rotatable bonds is 6. The molecule has 0 atom stereocenters. The number of aryl methyl sites for hydroxylation is 1. The van der Waals surface area contributed by atoms with E-state index in [0.717, 1.165) is 0 Å². The van der Waals surface area contributed by atoms with Gasteiger partial charge in [0.2, 0.25) is 0 Å². The third-order valence-electron chi connectivity index (χ3n) is 2.45. The summed E-state index contributed by atoms with van der Waals surface area (Å²) in [5.74, 6) is 1.21. The minimum atomic E-state index is 0.649. The summed E-state index contributed by atoms with van der Waals surface area (Å²) in [6.45, 7) is 5.02. The highest BCUT2D eigenvalue weighted by atomic mass is 32.2. The van der Waals surface area contributed by atoms with Crippen LogP contribution < -0.4 is 5.73 Å². The van der Waals surface area contributed by atoms with Crippen LogP contribution in [0.2, 0.25) is 0 Å². The molecule has 0 aliphatic rings. The van der Waals surface area contributed by atoms with Crippen molar-refractivity contribution >= 4 is 11.8 Å². The van der Waals surface area contributed by atoms with Crippen LogP contribution in [0.5, 0.6) is 0 Å². The molecule has 84 valence electrons. The Morgan fingerprint density at radius 3 is 2.73 bits per heavy atom. The molecule has 1 aromatic carbocycles. The lowest BCUT2D eigenvalue weighted by Gasteiger charge is -2.08. The molecule has 0 aliphatic heterocycles. The number of hydrogen-bond acceptors (Lipinski definition) is 2. The maximum absolute atomic E-state index is 5.72. The first-order valence-corrected chi connectivity index (χ1v) is 6.69. The normalized spacial score (nSPS) is 10.6. The first-order valence-electron chi connectivity index (χ1n) is 5.70. The van der Waals surface area contributed by atoms with Crippen LogP contribution >= 0.6 is 11.8 Å². The Balaban J connectivity index is 2.54. The van der Waals surface area contributed by atoms with Crippen molar-refractivity contribution in [3.63, 3.8) is 0 Å². The average Bonchev–Trinajstić information content (AvgIpc) is 2.25. The van der Waals surface area contributed by atoms with Gasteiger partial charge in [-0.2, -0.15) is 0 Å². The Morgan fingerprint density at radius 2 is 2.07 bits per heavy atom. The van der Waals surface area contributed by atoms with E-state index < -0.39 is 0 Å². The fourth-order valence-corrected chi connectivity index (χ4v) is 2.67. The van der Waals surface area contributed by atoms with Crippen molar-refractivity contribution in [2.24, 2.45) is 5.73 Å². The molecule has 2 N–H and O–H groups in total. The van der Waals surface area contributed by atoms with Gasteiger partial charge in [0.1, 0.15) is 0 Å². The minimum Gasteiger partial charge on any atom is -0.326 e. The standard InChI is InChI=1S/C13H21NS/c1-3-4-5-8-15-13-9-11(2)6-7-12(13)10-14/h6-7,9H,3-5,8,10,14H2,1-2H3. The quantitative estimate of drug-likeness (QED) is 0.587. The van der Waals surface area contributed by atoms with Gasteiger partial charge in [-0.25, -0.2) is 0 Å². The summed E-state index contributed by atoms with van der Waals surface area (Å²) in [5, 5.41) is 0. The Hall–Kier alpha value is -0.470. The highest BCUT2D eigenvalue weighted by Gasteiger charge is 2.01. The predicted octanol–water partition coefficient (Wildman–Crippen LogP) is 3.74. The molecule has 0 aromatic heterocycles. The maximum Gasteiger partial charge on any atom is 0.0189 e. The molecule has 0 saturated heterocycles. The molecule has 0 amide bonds. The number of benzene rings is 1. The molecule has 0 radical (unpaired) electrons. The van der Waals surface area contributed by atoms with E-state index in [0.29, 0.717) is 6.54 Å². The van der Waals surface area contributed by atoms with Crippen molar-refractivity contribution in [1.29, 1.82) is 0 Å². The van der Waals surface area contributed by atoms with E-state index in [1.165, 1.54) is 41.0 Å². The highest BCUT2D eigenvalue weighted by molar-refractivity contribution is 7.99. The highest BCUT2D eigenvalue weighted by Crippen LogP contribution is 2.25. The van der Waals surface area contributed by atoms with E-state index in [4.69, 9.17) is 5.73 Å². The van der Waals surface area contributed by atoms with E-state index in [9.17, 15) is 0 Å². The second-order valence-electron chi connectivity index (χ2n) is 3.87. The molecule has 2 heteroatoms. The van der Waals surface area contributed by atoms with Gasteiger partial charge in [-0.3, -0.25) is 0 Å². The minimum absolute atomic E-state index is 0.649. The first-order chi connectivity index (χ1) is 7.27.